The lowest BCUT2D eigenvalue weighted by molar-refractivity contribution is -0.120. The van der Waals surface area contributed by atoms with Crippen LogP contribution >= 0.6 is 0 Å². The monoisotopic (exact) mass is 277 g/mol. The Morgan fingerprint density at radius 1 is 1.35 bits per heavy atom. The van der Waals surface area contributed by atoms with Crippen molar-refractivity contribution >= 4 is 11.6 Å². The molecule has 1 aromatic rings. The van der Waals surface area contributed by atoms with E-state index in [-0.39, 0.29) is 5.91 Å². The fourth-order valence-corrected chi connectivity index (χ4v) is 1.95. The molecule has 0 aromatic heterocycles. The van der Waals surface area contributed by atoms with Gasteiger partial charge < -0.3 is 15.5 Å². The first-order chi connectivity index (χ1) is 9.43. The van der Waals surface area contributed by atoms with E-state index in [1.165, 1.54) is 11.1 Å². The molecule has 0 atom stereocenters. The van der Waals surface area contributed by atoms with Crippen molar-refractivity contribution < 1.29 is 4.79 Å². The van der Waals surface area contributed by atoms with Crippen molar-refractivity contribution in [2.45, 2.75) is 39.8 Å². The highest BCUT2D eigenvalue weighted by Crippen LogP contribution is 2.18. The first kappa shape index (κ1) is 16.5. The number of rotatable bonds is 7. The topological polar surface area (TPSA) is 44.4 Å². The summed E-state index contributed by atoms with van der Waals surface area (Å²) in [5.41, 5.74) is 3.75. The van der Waals surface area contributed by atoms with Crippen LogP contribution in [0.5, 0.6) is 0 Å². The summed E-state index contributed by atoms with van der Waals surface area (Å²) in [6.07, 6.45) is 0.517. The van der Waals surface area contributed by atoms with Gasteiger partial charge >= 0.3 is 0 Å². The number of nitrogens with zero attached hydrogens (tertiary/aromatic N) is 1. The number of benzene rings is 1. The second kappa shape index (κ2) is 7.90. The van der Waals surface area contributed by atoms with E-state index in [0.29, 0.717) is 12.5 Å². The Balaban J connectivity index is 2.63. The third kappa shape index (κ3) is 5.21. The highest BCUT2D eigenvalue weighted by molar-refractivity contribution is 5.76. The zero-order valence-corrected chi connectivity index (χ0v) is 13.3. The van der Waals surface area contributed by atoms with Gasteiger partial charge in [0.2, 0.25) is 5.91 Å². The summed E-state index contributed by atoms with van der Waals surface area (Å²) < 4.78 is 0. The standard InChI is InChI=1S/C16H27N3O/c1-12(2)18-11-14-6-7-15(10-13(14)3)19(5)9-8-16(20)17-4/h6-7,10,12,18H,8-9,11H2,1-5H3,(H,17,20). The summed E-state index contributed by atoms with van der Waals surface area (Å²) in [6, 6.07) is 6.95. The third-order valence-electron chi connectivity index (χ3n) is 3.42. The van der Waals surface area contributed by atoms with Gasteiger partial charge in [-0.1, -0.05) is 19.9 Å². The van der Waals surface area contributed by atoms with Gasteiger partial charge in [-0.2, -0.15) is 0 Å². The quantitative estimate of drug-likeness (QED) is 0.802. The van der Waals surface area contributed by atoms with Crippen molar-refractivity contribution in [3.8, 4) is 0 Å². The Kier molecular flexibility index (Phi) is 6.52. The van der Waals surface area contributed by atoms with E-state index in [1.54, 1.807) is 7.05 Å². The fraction of sp³-hybridized carbons (Fsp3) is 0.562. The van der Waals surface area contributed by atoms with E-state index >= 15 is 0 Å². The van der Waals surface area contributed by atoms with Crippen LogP contribution in [-0.2, 0) is 11.3 Å². The van der Waals surface area contributed by atoms with Crippen LogP contribution < -0.4 is 15.5 Å². The number of nitrogens with one attached hydrogen (secondary N) is 2. The van der Waals surface area contributed by atoms with Crippen molar-refractivity contribution in [3.05, 3.63) is 29.3 Å². The minimum Gasteiger partial charge on any atom is -0.374 e. The molecule has 0 heterocycles. The van der Waals surface area contributed by atoms with Crippen LogP contribution in [0.25, 0.3) is 0 Å². The lowest BCUT2D eigenvalue weighted by Crippen LogP contribution is -2.26. The van der Waals surface area contributed by atoms with Crippen LogP contribution in [0.3, 0.4) is 0 Å². The lowest BCUT2D eigenvalue weighted by atomic mass is 10.1. The first-order valence-corrected chi connectivity index (χ1v) is 7.18. The second-order valence-electron chi connectivity index (χ2n) is 5.49. The molecule has 0 aliphatic heterocycles. The molecule has 4 nitrogen and oxygen atoms in total. The van der Waals surface area contributed by atoms with Gasteiger partial charge in [0.05, 0.1) is 0 Å². The summed E-state index contributed by atoms with van der Waals surface area (Å²) in [5, 5.41) is 6.08. The van der Waals surface area contributed by atoms with Gasteiger partial charge in [0.25, 0.3) is 0 Å². The van der Waals surface area contributed by atoms with Gasteiger partial charge in [-0.15, -0.1) is 0 Å². The van der Waals surface area contributed by atoms with E-state index in [4.69, 9.17) is 0 Å². The van der Waals surface area contributed by atoms with Crippen LogP contribution in [0.15, 0.2) is 18.2 Å². The summed E-state index contributed by atoms with van der Waals surface area (Å²) in [5.74, 6) is 0.0753. The summed E-state index contributed by atoms with van der Waals surface area (Å²) >= 11 is 0. The molecule has 0 fully saturated rings. The lowest BCUT2D eigenvalue weighted by Gasteiger charge is -2.20. The maximum atomic E-state index is 11.3. The van der Waals surface area contributed by atoms with Crippen LogP contribution in [0.1, 0.15) is 31.4 Å². The SMILES string of the molecule is CNC(=O)CCN(C)c1ccc(CNC(C)C)c(C)c1. The minimum atomic E-state index is 0.0753. The molecule has 0 saturated heterocycles. The van der Waals surface area contributed by atoms with Gasteiger partial charge in [0, 0.05) is 45.3 Å². The van der Waals surface area contributed by atoms with Gasteiger partial charge in [0.15, 0.2) is 0 Å². The van der Waals surface area contributed by atoms with Gasteiger partial charge in [0.1, 0.15) is 0 Å². The molecular weight excluding hydrogens is 250 g/mol. The van der Waals surface area contributed by atoms with Crippen LogP contribution in [0, 0.1) is 6.92 Å². The summed E-state index contributed by atoms with van der Waals surface area (Å²) in [4.78, 5) is 13.4. The number of anilines is 1. The molecule has 0 aliphatic carbocycles. The third-order valence-corrected chi connectivity index (χ3v) is 3.42. The molecule has 1 amide bonds. The smallest absolute Gasteiger partial charge is 0.221 e. The largest absolute Gasteiger partial charge is 0.374 e. The normalized spacial score (nSPS) is 10.7. The average Bonchev–Trinajstić information content (AvgIpc) is 2.42. The van der Waals surface area contributed by atoms with Crippen molar-refractivity contribution in [1.29, 1.82) is 0 Å². The second-order valence-corrected chi connectivity index (χ2v) is 5.49. The molecule has 1 rings (SSSR count). The molecule has 0 unspecified atom stereocenters. The molecular formula is C16H27N3O. The van der Waals surface area contributed by atoms with Crippen LogP contribution in [0.4, 0.5) is 5.69 Å². The molecule has 0 bridgehead atoms. The molecule has 1 aromatic carbocycles. The number of carbonyl (C=O) groups is 1. The molecule has 0 radical (unpaired) electrons. The van der Waals surface area contributed by atoms with E-state index in [1.807, 2.05) is 7.05 Å². The Morgan fingerprint density at radius 2 is 2.05 bits per heavy atom. The van der Waals surface area contributed by atoms with Gasteiger partial charge in [-0.05, 0) is 30.2 Å². The molecule has 112 valence electrons. The van der Waals surface area contributed by atoms with Crippen LogP contribution in [0.2, 0.25) is 0 Å². The zero-order valence-electron chi connectivity index (χ0n) is 13.3. The Bertz CT molecular complexity index is 443. The number of hydrogen-bond donors (Lipinski definition) is 2. The fourth-order valence-electron chi connectivity index (χ4n) is 1.95. The minimum absolute atomic E-state index is 0.0753. The first-order valence-electron chi connectivity index (χ1n) is 7.18. The van der Waals surface area contributed by atoms with Crippen molar-refractivity contribution in [2.24, 2.45) is 0 Å². The summed E-state index contributed by atoms with van der Waals surface area (Å²) in [6.45, 7) is 8.05. The Labute approximate surface area is 122 Å². The molecule has 2 N–H and O–H groups in total. The molecule has 0 spiro atoms. The predicted octanol–water partition coefficient (Wildman–Crippen LogP) is 2.07. The van der Waals surface area contributed by atoms with E-state index in [9.17, 15) is 4.79 Å². The van der Waals surface area contributed by atoms with E-state index in [2.05, 4.69) is 54.5 Å². The van der Waals surface area contributed by atoms with E-state index in [0.717, 1.165) is 18.8 Å². The number of amides is 1. The predicted molar refractivity (Wildman–Crippen MR) is 85.1 cm³/mol. The molecule has 4 heteroatoms. The van der Waals surface area contributed by atoms with Gasteiger partial charge in [-0.3, -0.25) is 4.79 Å². The molecule has 20 heavy (non-hydrogen) atoms. The Morgan fingerprint density at radius 3 is 2.60 bits per heavy atom. The highest BCUT2D eigenvalue weighted by Gasteiger charge is 2.06. The van der Waals surface area contributed by atoms with Crippen molar-refractivity contribution in [2.75, 3.05) is 25.5 Å². The number of aryl methyl sites for hydroxylation is 1. The number of carbonyl (C=O) groups excluding carboxylic acids is 1. The molecule has 0 aliphatic rings. The maximum Gasteiger partial charge on any atom is 0.221 e. The van der Waals surface area contributed by atoms with E-state index < -0.39 is 0 Å². The van der Waals surface area contributed by atoms with Crippen molar-refractivity contribution in [3.63, 3.8) is 0 Å². The van der Waals surface area contributed by atoms with Crippen LogP contribution in [-0.4, -0.2) is 32.6 Å². The Hall–Kier alpha value is -1.55. The number of hydrogen-bond acceptors (Lipinski definition) is 3. The average molecular weight is 277 g/mol. The molecule has 0 saturated carbocycles. The van der Waals surface area contributed by atoms with Gasteiger partial charge in [-0.25, -0.2) is 0 Å². The highest BCUT2D eigenvalue weighted by atomic mass is 16.1. The van der Waals surface area contributed by atoms with Crippen molar-refractivity contribution in [1.82, 2.24) is 10.6 Å². The maximum absolute atomic E-state index is 11.3. The summed E-state index contributed by atoms with van der Waals surface area (Å²) in [7, 11) is 3.69. The zero-order chi connectivity index (χ0) is 15.1.